The molecule has 0 radical (unpaired) electrons. The van der Waals surface area contributed by atoms with Crippen molar-refractivity contribution in [2.24, 2.45) is 0 Å². The number of imidazole rings is 1. The first kappa shape index (κ1) is 14.2. The molecule has 0 amide bonds. The maximum Gasteiger partial charge on any atom is 0.132 e. The molecule has 1 aromatic heterocycles. The van der Waals surface area contributed by atoms with Crippen molar-refractivity contribution in [1.29, 1.82) is 0 Å². The van der Waals surface area contributed by atoms with Crippen LogP contribution < -0.4 is 5.73 Å². The Labute approximate surface area is 120 Å². The van der Waals surface area contributed by atoms with Gasteiger partial charge < -0.3 is 10.3 Å². The van der Waals surface area contributed by atoms with Crippen molar-refractivity contribution in [3.8, 4) is 23.6 Å². The van der Waals surface area contributed by atoms with E-state index < -0.39 is 0 Å². The predicted molar refractivity (Wildman–Crippen MR) is 84.4 cm³/mol. The lowest BCUT2D eigenvalue weighted by Crippen LogP contribution is -2.07. The molecule has 1 heterocycles. The van der Waals surface area contributed by atoms with Crippen LogP contribution >= 0.6 is 0 Å². The first-order valence-corrected chi connectivity index (χ1v) is 6.97. The lowest BCUT2D eigenvalue weighted by molar-refractivity contribution is 0.691. The predicted octanol–water partition coefficient (Wildman–Crippen LogP) is 3.45. The SMILES string of the molecule is C#CCn1c(C(C)C)nc(-c2ccccc2CC)c1N. The third-order valence-electron chi connectivity index (χ3n) is 3.46. The van der Waals surface area contributed by atoms with E-state index in [0.717, 1.165) is 23.5 Å². The lowest BCUT2D eigenvalue weighted by Gasteiger charge is -2.08. The van der Waals surface area contributed by atoms with E-state index in [1.807, 2.05) is 16.7 Å². The summed E-state index contributed by atoms with van der Waals surface area (Å²) in [6.07, 6.45) is 6.40. The van der Waals surface area contributed by atoms with E-state index in [9.17, 15) is 0 Å². The third-order valence-corrected chi connectivity index (χ3v) is 3.46. The van der Waals surface area contributed by atoms with Gasteiger partial charge in [0, 0.05) is 11.5 Å². The summed E-state index contributed by atoms with van der Waals surface area (Å²) in [6, 6.07) is 8.25. The van der Waals surface area contributed by atoms with E-state index in [4.69, 9.17) is 17.1 Å². The van der Waals surface area contributed by atoms with Gasteiger partial charge in [0.1, 0.15) is 17.3 Å². The maximum atomic E-state index is 6.29. The summed E-state index contributed by atoms with van der Waals surface area (Å²) in [4.78, 5) is 4.75. The second-order valence-electron chi connectivity index (χ2n) is 5.16. The zero-order chi connectivity index (χ0) is 14.7. The first-order chi connectivity index (χ1) is 9.60. The number of terminal acetylenes is 1. The number of nitrogens with two attached hydrogens (primary N) is 1. The van der Waals surface area contributed by atoms with Crippen LogP contribution in [0.25, 0.3) is 11.3 Å². The summed E-state index contributed by atoms with van der Waals surface area (Å²) in [5.41, 5.74) is 9.49. The summed E-state index contributed by atoms with van der Waals surface area (Å²) in [5.74, 6) is 4.55. The Bertz CT molecular complexity index is 645. The van der Waals surface area contributed by atoms with E-state index in [2.05, 4.69) is 38.8 Å². The molecule has 0 aliphatic heterocycles. The molecular formula is C17H21N3. The molecule has 20 heavy (non-hydrogen) atoms. The van der Waals surface area contributed by atoms with E-state index >= 15 is 0 Å². The molecule has 2 N–H and O–H groups in total. The van der Waals surface area contributed by atoms with E-state index in [1.54, 1.807) is 0 Å². The second kappa shape index (κ2) is 5.83. The van der Waals surface area contributed by atoms with Gasteiger partial charge in [-0.15, -0.1) is 6.42 Å². The lowest BCUT2D eigenvalue weighted by atomic mass is 10.0. The Morgan fingerprint density at radius 1 is 1.35 bits per heavy atom. The van der Waals surface area contributed by atoms with Crippen molar-refractivity contribution in [2.45, 2.75) is 39.7 Å². The standard InChI is InChI=1S/C17H21N3/c1-5-11-20-16(18)15(19-17(20)12(3)4)14-10-8-7-9-13(14)6-2/h1,7-10,12H,6,11,18H2,2-4H3. The van der Waals surface area contributed by atoms with Gasteiger partial charge in [-0.05, 0) is 12.0 Å². The molecule has 0 saturated carbocycles. The maximum absolute atomic E-state index is 6.29. The summed E-state index contributed by atoms with van der Waals surface area (Å²) in [5, 5.41) is 0. The van der Waals surface area contributed by atoms with E-state index in [0.29, 0.717) is 12.4 Å². The van der Waals surface area contributed by atoms with Crippen LogP contribution in [0.3, 0.4) is 0 Å². The van der Waals surface area contributed by atoms with Gasteiger partial charge in [0.2, 0.25) is 0 Å². The molecule has 3 heteroatoms. The van der Waals surface area contributed by atoms with Gasteiger partial charge in [-0.25, -0.2) is 4.98 Å². The van der Waals surface area contributed by atoms with Crippen LogP contribution in [-0.4, -0.2) is 9.55 Å². The molecule has 3 nitrogen and oxygen atoms in total. The smallest absolute Gasteiger partial charge is 0.132 e. The highest BCUT2D eigenvalue weighted by Crippen LogP contribution is 2.31. The number of aryl methyl sites for hydroxylation is 1. The fourth-order valence-electron chi connectivity index (χ4n) is 2.44. The number of hydrogen-bond acceptors (Lipinski definition) is 2. The van der Waals surface area contributed by atoms with Gasteiger partial charge in [0.05, 0.1) is 6.54 Å². The molecule has 1 aromatic carbocycles. The van der Waals surface area contributed by atoms with Crippen LogP contribution in [0.5, 0.6) is 0 Å². The Morgan fingerprint density at radius 3 is 2.65 bits per heavy atom. The minimum Gasteiger partial charge on any atom is -0.383 e. The summed E-state index contributed by atoms with van der Waals surface area (Å²) in [6.45, 7) is 6.80. The Balaban J connectivity index is 2.64. The number of rotatable bonds is 4. The van der Waals surface area contributed by atoms with Crippen LogP contribution in [0.2, 0.25) is 0 Å². The van der Waals surface area contributed by atoms with Gasteiger partial charge in [0.15, 0.2) is 0 Å². The van der Waals surface area contributed by atoms with Crippen molar-refractivity contribution < 1.29 is 0 Å². The Kier molecular flexibility index (Phi) is 4.14. The van der Waals surface area contributed by atoms with Crippen LogP contribution in [0.4, 0.5) is 5.82 Å². The highest BCUT2D eigenvalue weighted by atomic mass is 15.1. The van der Waals surface area contributed by atoms with Crippen molar-refractivity contribution >= 4 is 5.82 Å². The molecule has 104 valence electrons. The number of benzene rings is 1. The molecule has 0 aliphatic rings. The second-order valence-corrected chi connectivity index (χ2v) is 5.16. The topological polar surface area (TPSA) is 43.8 Å². The van der Waals surface area contributed by atoms with E-state index in [-0.39, 0.29) is 5.92 Å². The molecule has 0 atom stereocenters. The van der Waals surface area contributed by atoms with Crippen molar-refractivity contribution in [3.63, 3.8) is 0 Å². The molecule has 0 unspecified atom stereocenters. The number of anilines is 1. The number of nitrogens with zero attached hydrogens (tertiary/aromatic N) is 2. The molecular weight excluding hydrogens is 246 g/mol. The molecule has 2 rings (SSSR count). The minimum absolute atomic E-state index is 0.285. The first-order valence-electron chi connectivity index (χ1n) is 6.97. The summed E-state index contributed by atoms with van der Waals surface area (Å²) < 4.78 is 1.94. The average Bonchev–Trinajstić information content (AvgIpc) is 2.77. The van der Waals surface area contributed by atoms with Gasteiger partial charge >= 0.3 is 0 Å². The van der Waals surface area contributed by atoms with Crippen LogP contribution in [0, 0.1) is 12.3 Å². The zero-order valence-electron chi connectivity index (χ0n) is 12.4. The van der Waals surface area contributed by atoms with Crippen LogP contribution in [0.15, 0.2) is 24.3 Å². The Morgan fingerprint density at radius 2 is 2.05 bits per heavy atom. The number of nitrogen functional groups attached to an aromatic ring is 1. The number of hydrogen-bond donors (Lipinski definition) is 1. The van der Waals surface area contributed by atoms with Crippen LogP contribution in [0.1, 0.15) is 38.1 Å². The highest BCUT2D eigenvalue weighted by molar-refractivity contribution is 5.74. The largest absolute Gasteiger partial charge is 0.383 e. The van der Waals surface area contributed by atoms with Gasteiger partial charge in [-0.3, -0.25) is 0 Å². The monoisotopic (exact) mass is 267 g/mol. The zero-order valence-corrected chi connectivity index (χ0v) is 12.4. The molecule has 0 saturated heterocycles. The minimum atomic E-state index is 0.285. The molecule has 0 fully saturated rings. The fourth-order valence-corrected chi connectivity index (χ4v) is 2.44. The van der Waals surface area contributed by atoms with Crippen molar-refractivity contribution in [2.75, 3.05) is 5.73 Å². The quantitative estimate of drug-likeness (QED) is 0.862. The van der Waals surface area contributed by atoms with E-state index in [1.165, 1.54) is 5.56 Å². The summed E-state index contributed by atoms with van der Waals surface area (Å²) in [7, 11) is 0. The van der Waals surface area contributed by atoms with Gasteiger partial charge in [0.25, 0.3) is 0 Å². The molecule has 0 spiro atoms. The Hall–Kier alpha value is -2.21. The number of aromatic nitrogens is 2. The molecule has 2 aromatic rings. The van der Waals surface area contributed by atoms with Crippen LogP contribution in [-0.2, 0) is 13.0 Å². The van der Waals surface area contributed by atoms with Crippen molar-refractivity contribution in [1.82, 2.24) is 9.55 Å². The highest BCUT2D eigenvalue weighted by Gasteiger charge is 2.19. The third kappa shape index (κ3) is 2.42. The van der Waals surface area contributed by atoms with Gasteiger partial charge in [-0.2, -0.15) is 0 Å². The molecule has 0 aliphatic carbocycles. The fraction of sp³-hybridized carbons (Fsp3) is 0.353. The molecule has 0 bridgehead atoms. The normalized spacial score (nSPS) is 10.8. The van der Waals surface area contributed by atoms with Crippen molar-refractivity contribution in [3.05, 3.63) is 35.7 Å². The average molecular weight is 267 g/mol. The van der Waals surface area contributed by atoms with Gasteiger partial charge in [-0.1, -0.05) is 51.0 Å². The summed E-state index contributed by atoms with van der Waals surface area (Å²) >= 11 is 0.